The number of nitrogens with zero attached hydrogens (tertiary/aromatic N) is 2. The zero-order chi connectivity index (χ0) is 19.1. The molecule has 0 unspecified atom stereocenters. The number of imide groups is 1. The summed E-state index contributed by atoms with van der Waals surface area (Å²) in [6.45, 7) is -0.0481. The quantitative estimate of drug-likeness (QED) is 0.617. The lowest BCUT2D eigenvalue weighted by molar-refractivity contribution is -0.119. The highest BCUT2D eigenvalue weighted by molar-refractivity contribution is 7.20. The lowest BCUT2D eigenvalue weighted by Gasteiger charge is -2.27. The summed E-state index contributed by atoms with van der Waals surface area (Å²) in [6.07, 6.45) is 0. The largest absolute Gasteiger partial charge is 0.428 e. The van der Waals surface area contributed by atoms with Crippen molar-refractivity contribution >= 4 is 74.0 Å². The molecule has 4 rings (SSSR count). The number of fused-ring (bicyclic) bond motifs is 1. The SMILES string of the molecule is O=C1CNN(c2cc(Cl)c(Oc3nc4ccc(Cl)cc4s3)c(Cl)c2)C(=O)N1. The average molecular weight is 444 g/mol. The Hall–Kier alpha value is -2.10. The van der Waals surface area contributed by atoms with Gasteiger partial charge in [-0.15, -0.1) is 0 Å². The van der Waals surface area contributed by atoms with Gasteiger partial charge < -0.3 is 4.74 Å². The maximum atomic E-state index is 11.9. The van der Waals surface area contributed by atoms with E-state index in [1.54, 1.807) is 18.2 Å². The number of hydrogen-bond acceptors (Lipinski definition) is 6. The number of urea groups is 1. The molecule has 2 heterocycles. The molecule has 1 saturated heterocycles. The molecule has 1 aliphatic heterocycles. The lowest BCUT2D eigenvalue weighted by Crippen LogP contribution is -2.59. The second kappa shape index (κ2) is 7.14. The maximum absolute atomic E-state index is 11.9. The van der Waals surface area contributed by atoms with Crippen molar-refractivity contribution in [3.63, 3.8) is 0 Å². The number of benzene rings is 2. The van der Waals surface area contributed by atoms with Gasteiger partial charge in [-0.2, -0.15) is 0 Å². The van der Waals surface area contributed by atoms with E-state index in [0.717, 1.165) is 15.2 Å². The fraction of sp³-hybridized carbons (Fsp3) is 0.0625. The first-order chi connectivity index (χ1) is 12.9. The molecule has 2 aromatic carbocycles. The van der Waals surface area contributed by atoms with Gasteiger partial charge >= 0.3 is 6.03 Å². The molecule has 1 aliphatic rings. The molecule has 0 aliphatic carbocycles. The van der Waals surface area contributed by atoms with Gasteiger partial charge in [0.15, 0.2) is 5.75 Å². The minimum atomic E-state index is -0.630. The van der Waals surface area contributed by atoms with E-state index in [2.05, 4.69) is 15.7 Å². The van der Waals surface area contributed by atoms with E-state index >= 15 is 0 Å². The lowest BCUT2D eigenvalue weighted by atomic mass is 10.3. The molecular weight excluding hydrogens is 435 g/mol. The highest BCUT2D eigenvalue weighted by Crippen LogP contribution is 2.41. The third-order valence-electron chi connectivity index (χ3n) is 3.61. The summed E-state index contributed by atoms with van der Waals surface area (Å²) in [7, 11) is 0. The van der Waals surface area contributed by atoms with Crippen molar-refractivity contribution in [1.82, 2.24) is 15.7 Å². The van der Waals surface area contributed by atoms with E-state index in [1.807, 2.05) is 0 Å². The predicted molar refractivity (Wildman–Crippen MR) is 105 cm³/mol. The Kier molecular flexibility index (Phi) is 4.83. The van der Waals surface area contributed by atoms with Crippen molar-refractivity contribution in [2.45, 2.75) is 0 Å². The van der Waals surface area contributed by atoms with Crippen LogP contribution in [0, 0.1) is 0 Å². The van der Waals surface area contributed by atoms with Crippen molar-refractivity contribution in [1.29, 1.82) is 0 Å². The molecule has 3 aromatic rings. The number of aromatic nitrogens is 1. The molecule has 0 radical (unpaired) electrons. The highest BCUT2D eigenvalue weighted by atomic mass is 35.5. The highest BCUT2D eigenvalue weighted by Gasteiger charge is 2.26. The van der Waals surface area contributed by atoms with E-state index in [1.165, 1.54) is 23.5 Å². The van der Waals surface area contributed by atoms with E-state index < -0.39 is 11.9 Å². The van der Waals surface area contributed by atoms with Gasteiger partial charge in [-0.25, -0.2) is 20.2 Å². The third kappa shape index (κ3) is 3.67. The predicted octanol–water partition coefficient (Wildman–Crippen LogP) is 4.61. The zero-order valence-corrected chi connectivity index (χ0v) is 16.3. The van der Waals surface area contributed by atoms with Crippen LogP contribution >= 0.6 is 46.1 Å². The Balaban J connectivity index is 1.63. The van der Waals surface area contributed by atoms with Crippen LogP contribution in [0.3, 0.4) is 0 Å². The molecule has 2 N–H and O–H groups in total. The van der Waals surface area contributed by atoms with Crippen LogP contribution in [0.15, 0.2) is 30.3 Å². The van der Waals surface area contributed by atoms with Gasteiger partial charge in [0.2, 0.25) is 5.91 Å². The fourth-order valence-corrected chi connectivity index (χ4v) is 4.08. The zero-order valence-electron chi connectivity index (χ0n) is 13.3. The first-order valence-corrected chi connectivity index (χ1v) is 9.46. The molecule has 0 saturated carbocycles. The number of rotatable bonds is 3. The number of nitrogens with one attached hydrogen (secondary N) is 2. The summed E-state index contributed by atoms with van der Waals surface area (Å²) < 4.78 is 6.62. The van der Waals surface area contributed by atoms with E-state index in [-0.39, 0.29) is 22.3 Å². The van der Waals surface area contributed by atoms with Gasteiger partial charge in [-0.1, -0.05) is 46.1 Å². The van der Waals surface area contributed by atoms with Crippen LogP contribution in [0.5, 0.6) is 10.9 Å². The molecule has 0 atom stereocenters. The number of carbonyl (C=O) groups is 2. The van der Waals surface area contributed by atoms with Crippen molar-refractivity contribution in [3.05, 3.63) is 45.4 Å². The molecule has 7 nitrogen and oxygen atoms in total. The van der Waals surface area contributed by atoms with Gasteiger partial charge in [-0.3, -0.25) is 10.1 Å². The minimum absolute atomic E-state index is 0.0481. The van der Waals surface area contributed by atoms with Gasteiger partial charge in [-0.05, 0) is 30.3 Å². The Labute approximate surface area is 171 Å². The van der Waals surface area contributed by atoms with Crippen molar-refractivity contribution in [2.24, 2.45) is 0 Å². The number of carbonyl (C=O) groups excluding carboxylic acids is 2. The van der Waals surface area contributed by atoms with E-state index in [0.29, 0.717) is 15.9 Å². The summed E-state index contributed by atoms with van der Waals surface area (Å²) in [5, 5.41) is 4.65. The van der Waals surface area contributed by atoms with Gasteiger partial charge in [0.25, 0.3) is 5.19 Å². The second-order valence-electron chi connectivity index (χ2n) is 5.46. The van der Waals surface area contributed by atoms with Crippen LogP contribution < -0.4 is 20.5 Å². The number of anilines is 1. The smallest absolute Gasteiger partial charge is 0.343 e. The Morgan fingerprint density at radius 2 is 1.85 bits per heavy atom. The Bertz CT molecular complexity index is 1060. The number of ether oxygens (including phenoxy) is 1. The van der Waals surface area contributed by atoms with Crippen LogP contribution in [-0.4, -0.2) is 23.5 Å². The molecule has 0 spiro atoms. The van der Waals surface area contributed by atoms with Gasteiger partial charge in [0.1, 0.15) is 0 Å². The van der Waals surface area contributed by atoms with Crippen molar-refractivity contribution in [3.8, 4) is 10.9 Å². The molecule has 0 bridgehead atoms. The molecule has 138 valence electrons. The second-order valence-corrected chi connectivity index (χ2v) is 7.70. The molecule has 1 fully saturated rings. The average Bonchev–Trinajstić information content (AvgIpc) is 2.99. The summed E-state index contributed by atoms with van der Waals surface area (Å²) in [4.78, 5) is 27.5. The van der Waals surface area contributed by atoms with Crippen LogP contribution in [0.1, 0.15) is 0 Å². The monoisotopic (exact) mass is 442 g/mol. The molecule has 11 heteroatoms. The molecular formula is C16H9Cl3N4O3S. The normalized spacial score (nSPS) is 14.6. The number of hydrazine groups is 1. The van der Waals surface area contributed by atoms with Crippen LogP contribution in [0.4, 0.5) is 10.5 Å². The summed E-state index contributed by atoms with van der Waals surface area (Å²) in [5.74, 6) is -0.218. The first-order valence-electron chi connectivity index (χ1n) is 7.51. The first kappa shape index (κ1) is 18.3. The van der Waals surface area contributed by atoms with Crippen molar-refractivity contribution < 1.29 is 14.3 Å². The molecule has 3 amide bonds. The number of halogens is 3. The van der Waals surface area contributed by atoms with E-state index in [9.17, 15) is 9.59 Å². The summed E-state index contributed by atoms with van der Waals surface area (Å²) in [5.41, 5.74) is 3.77. The van der Waals surface area contributed by atoms with E-state index in [4.69, 9.17) is 39.5 Å². The summed E-state index contributed by atoms with van der Waals surface area (Å²) >= 11 is 19.9. The van der Waals surface area contributed by atoms with Gasteiger partial charge in [0, 0.05) is 5.02 Å². The number of amides is 3. The Morgan fingerprint density at radius 1 is 1.11 bits per heavy atom. The maximum Gasteiger partial charge on any atom is 0.343 e. The molecule has 1 aromatic heterocycles. The standard InChI is InChI=1S/C16H9Cl3N4O3S/c17-7-1-2-11-12(3-7)27-16(21-11)26-14-9(18)4-8(5-10(14)19)23-15(25)22-13(24)6-20-23/h1-5,20H,6H2,(H,22,24,25). The topological polar surface area (TPSA) is 83.6 Å². The molecule has 27 heavy (non-hydrogen) atoms. The van der Waals surface area contributed by atoms with Crippen LogP contribution in [-0.2, 0) is 4.79 Å². The van der Waals surface area contributed by atoms with Crippen LogP contribution in [0.25, 0.3) is 10.2 Å². The minimum Gasteiger partial charge on any atom is -0.428 e. The van der Waals surface area contributed by atoms with Gasteiger partial charge in [0.05, 0.1) is 32.5 Å². The fourth-order valence-electron chi connectivity index (χ4n) is 2.43. The third-order valence-corrected chi connectivity index (χ3v) is 5.30. The van der Waals surface area contributed by atoms with Crippen molar-refractivity contribution in [2.75, 3.05) is 11.6 Å². The van der Waals surface area contributed by atoms with Crippen LogP contribution in [0.2, 0.25) is 15.1 Å². The number of hydrogen-bond donors (Lipinski definition) is 2. The summed E-state index contributed by atoms with van der Waals surface area (Å²) in [6, 6.07) is 7.68. The Morgan fingerprint density at radius 3 is 2.56 bits per heavy atom. The number of thiazole rings is 1.